The van der Waals surface area contributed by atoms with Crippen LogP contribution in [0.15, 0.2) is 36.4 Å². The van der Waals surface area contributed by atoms with Crippen molar-refractivity contribution in [2.45, 2.75) is 12.2 Å². The molecule has 0 aliphatic carbocycles. The fraction of sp³-hybridized carbons (Fsp3) is 0.160. The summed E-state index contributed by atoms with van der Waals surface area (Å²) >= 11 is 13.1. The zero-order valence-electron chi connectivity index (χ0n) is 19.3. The Bertz CT molecular complexity index is 1550. The van der Waals surface area contributed by atoms with Gasteiger partial charge in [-0.15, -0.1) is 0 Å². The van der Waals surface area contributed by atoms with Crippen LogP contribution < -0.4 is 16.3 Å². The van der Waals surface area contributed by atoms with Crippen LogP contribution in [-0.4, -0.2) is 36.1 Å². The van der Waals surface area contributed by atoms with Gasteiger partial charge >= 0.3 is 11.9 Å². The molecule has 0 spiro atoms. The zero-order valence-corrected chi connectivity index (χ0v) is 21.6. The molecule has 1 aliphatic heterocycles. The third kappa shape index (κ3) is 4.60. The second-order valence-electron chi connectivity index (χ2n) is 7.65. The molecule has 0 fully saturated rings. The maximum Gasteiger partial charge on any atom is 0.357 e. The molecule has 0 saturated heterocycles. The normalized spacial score (nSPS) is 15.5. The molecule has 2 aromatic carbocycles. The molecule has 0 saturated carbocycles. The third-order valence-corrected chi connectivity index (χ3v) is 7.46. The van der Waals surface area contributed by atoms with Crippen LogP contribution in [0.25, 0.3) is 11.0 Å². The van der Waals surface area contributed by atoms with Crippen LogP contribution in [0.3, 0.4) is 0 Å². The molecule has 0 bridgehead atoms. The predicted molar refractivity (Wildman–Crippen MR) is 137 cm³/mol. The molecule has 2 N–H and O–H groups in total. The van der Waals surface area contributed by atoms with Crippen LogP contribution in [0.1, 0.15) is 38.6 Å². The number of nitrogen functional groups attached to an aromatic ring is 1. The summed E-state index contributed by atoms with van der Waals surface area (Å²) in [4.78, 5) is 39.6. The Labute approximate surface area is 223 Å². The molecule has 12 heteroatoms. The molecule has 37 heavy (non-hydrogen) atoms. The van der Waals surface area contributed by atoms with Crippen LogP contribution in [0.2, 0.25) is 10.0 Å². The number of ether oxygens (including phenoxy) is 2. The summed E-state index contributed by atoms with van der Waals surface area (Å²) < 4.78 is 40.4. The number of halogens is 4. The Morgan fingerprint density at radius 3 is 2.35 bits per heavy atom. The van der Waals surface area contributed by atoms with Crippen molar-refractivity contribution in [3.05, 3.63) is 85.5 Å². The van der Waals surface area contributed by atoms with Gasteiger partial charge in [0.25, 0.3) is 0 Å². The number of fused-ring (bicyclic) bond motifs is 1. The first-order valence-electron chi connectivity index (χ1n) is 10.7. The van der Waals surface area contributed by atoms with Gasteiger partial charge in [0.1, 0.15) is 21.8 Å². The van der Waals surface area contributed by atoms with Gasteiger partial charge in [-0.3, -0.25) is 9.36 Å². The standard InChI is InChI=1S/C25H18Cl2F2N2O5S/c1-3-36-24(33)20-18(30)12(10-11-13(26)6-4-8-15(11)28)19-22(25(34)35-2)37-21(23(32)31(19)20)17-14(27)7-5-9-16(17)29/h4-10,21H,3,30H2,1-2H3/b12-10+. The maximum absolute atomic E-state index is 14.9. The van der Waals surface area contributed by atoms with Gasteiger partial charge in [-0.2, -0.15) is 0 Å². The summed E-state index contributed by atoms with van der Waals surface area (Å²) in [5.74, 6) is -4.22. The quantitative estimate of drug-likeness (QED) is 0.464. The van der Waals surface area contributed by atoms with E-state index in [0.717, 1.165) is 23.8 Å². The average Bonchev–Trinajstić information content (AvgIpc) is 3.14. The number of carbonyl (C=O) groups excluding carboxylic acids is 3. The van der Waals surface area contributed by atoms with Crippen molar-refractivity contribution in [2.24, 2.45) is 0 Å². The molecule has 0 amide bonds. The minimum Gasteiger partial charge on any atom is -0.465 e. The minimum absolute atomic E-state index is 0.0162. The fourth-order valence-corrected chi connectivity index (χ4v) is 5.76. The highest BCUT2D eigenvalue weighted by molar-refractivity contribution is 8.10. The predicted octanol–water partition coefficient (Wildman–Crippen LogP) is 4.07. The number of hydrogen-bond acceptors (Lipinski definition) is 7. The number of esters is 2. The van der Waals surface area contributed by atoms with Crippen molar-refractivity contribution >= 4 is 69.5 Å². The summed E-state index contributed by atoms with van der Waals surface area (Å²) in [5, 5.41) is -1.64. The maximum atomic E-state index is 14.9. The molecule has 2 heterocycles. The van der Waals surface area contributed by atoms with Crippen LogP contribution in [0.4, 0.5) is 14.5 Å². The molecule has 1 unspecified atom stereocenters. The van der Waals surface area contributed by atoms with E-state index >= 15 is 0 Å². The lowest BCUT2D eigenvalue weighted by Crippen LogP contribution is -2.43. The largest absolute Gasteiger partial charge is 0.465 e. The molecular formula is C25H18Cl2F2N2O5S. The molecule has 4 rings (SSSR count). The topological polar surface area (TPSA) is 101 Å². The summed E-state index contributed by atoms with van der Waals surface area (Å²) in [6.07, 6.45) is 1.22. The molecule has 1 aliphatic rings. The number of carbonyl (C=O) groups is 3. The fourth-order valence-electron chi connectivity index (χ4n) is 3.91. The van der Waals surface area contributed by atoms with E-state index in [1.54, 1.807) is 6.92 Å². The van der Waals surface area contributed by atoms with Crippen LogP contribution in [-0.2, 0) is 14.3 Å². The highest BCUT2D eigenvalue weighted by Gasteiger charge is 2.40. The Hall–Kier alpha value is -3.34. The second-order valence-corrected chi connectivity index (χ2v) is 9.58. The van der Waals surface area contributed by atoms with Gasteiger partial charge in [0, 0.05) is 21.4 Å². The van der Waals surface area contributed by atoms with E-state index in [0.29, 0.717) is 11.8 Å². The van der Waals surface area contributed by atoms with Crippen molar-refractivity contribution in [3.8, 4) is 0 Å². The van der Waals surface area contributed by atoms with Crippen LogP contribution in [0.5, 0.6) is 0 Å². The Morgan fingerprint density at radius 2 is 1.76 bits per heavy atom. The lowest BCUT2D eigenvalue weighted by Gasteiger charge is -2.24. The van der Waals surface area contributed by atoms with Gasteiger partial charge in [-0.05, 0) is 37.3 Å². The van der Waals surface area contributed by atoms with E-state index in [-0.39, 0.29) is 48.9 Å². The molecular weight excluding hydrogens is 549 g/mol. The van der Waals surface area contributed by atoms with Crippen LogP contribution in [0, 0.1) is 11.6 Å². The number of nitrogens with zero attached hydrogens (tertiary/aromatic N) is 1. The van der Waals surface area contributed by atoms with Crippen LogP contribution >= 0.6 is 35.0 Å². The lowest BCUT2D eigenvalue weighted by molar-refractivity contribution is -0.133. The molecule has 192 valence electrons. The van der Waals surface area contributed by atoms with Gasteiger partial charge in [0.2, 0.25) is 5.91 Å². The Morgan fingerprint density at radius 1 is 1.11 bits per heavy atom. The lowest BCUT2D eigenvalue weighted by atomic mass is 10.1. The van der Waals surface area contributed by atoms with Gasteiger partial charge in [0.05, 0.1) is 29.8 Å². The van der Waals surface area contributed by atoms with E-state index in [1.807, 2.05) is 0 Å². The van der Waals surface area contributed by atoms with E-state index < -0.39 is 40.4 Å². The van der Waals surface area contributed by atoms with Crippen molar-refractivity contribution < 1.29 is 32.6 Å². The first kappa shape index (κ1) is 26.7. The zero-order chi connectivity index (χ0) is 27.0. The number of thioether (sulfide) groups is 1. The highest BCUT2D eigenvalue weighted by atomic mass is 35.5. The second kappa shape index (κ2) is 10.6. The highest BCUT2D eigenvalue weighted by Crippen LogP contribution is 2.43. The Kier molecular flexibility index (Phi) is 7.63. The number of nitrogens with two attached hydrogens (primary N) is 1. The van der Waals surface area contributed by atoms with Crippen molar-refractivity contribution in [1.29, 1.82) is 0 Å². The first-order chi connectivity index (χ1) is 17.6. The number of hydrogen-bond donors (Lipinski definition) is 1. The average molecular weight is 567 g/mol. The van der Waals surface area contributed by atoms with E-state index in [4.69, 9.17) is 38.4 Å². The molecule has 1 aromatic heterocycles. The molecule has 7 nitrogen and oxygen atoms in total. The summed E-state index contributed by atoms with van der Waals surface area (Å²) in [5.41, 5.74) is 5.34. The number of rotatable bonds is 5. The van der Waals surface area contributed by atoms with Gasteiger partial charge in [-0.25, -0.2) is 18.4 Å². The molecule has 3 aromatic rings. The summed E-state index contributed by atoms with van der Waals surface area (Å²) in [6, 6.07) is 7.84. The van der Waals surface area contributed by atoms with Gasteiger partial charge < -0.3 is 15.2 Å². The summed E-state index contributed by atoms with van der Waals surface area (Å²) in [7, 11) is 1.11. The number of benzene rings is 2. The van der Waals surface area contributed by atoms with Crippen molar-refractivity contribution in [2.75, 3.05) is 19.5 Å². The number of anilines is 1. The molecule has 1 atom stereocenters. The van der Waals surface area contributed by atoms with E-state index in [1.165, 1.54) is 30.3 Å². The van der Waals surface area contributed by atoms with Crippen molar-refractivity contribution in [1.82, 2.24) is 4.57 Å². The van der Waals surface area contributed by atoms with E-state index in [2.05, 4.69) is 0 Å². The number of methoxy groups -OCH3 is 1. The third-order valence-electron chi connectivity index (χ3n) is 5.53. The minimum atomic E-state index is -1.39. The van der Waals surface area contributed by atoms with Gasteiger partial charge in [-0.1, -0.05) is 47.1 Å². The SMILES string of the molecule is CCOC(=O)c1c(N)/c(=C\c2c(F)cccc2Cl)c2n1C(=O)C(c1c(F)cccc1Cl)SC=2C(=O)OC. The van der Waals surface area contributed by atoms with E-state index in [9.17, 15) is 23.2 Å². The molecule has 0 radical (unpaired) electrons. The first-order valence-corrected chi connectivity index (χ1v) is 12.4. The summed E-state index contributed by atoms with van der Waals surface area (Å²) in [6.45, 7) is 1.49. The Balaban J connectivity index is 2.17. The monoisotopic (exact) mass is 566 g/mol. The van der Waals surface area contributed by atoms with Crippen molar-refractivity contribution in [3.63, 3.8) is 0 Å². The smallest absolute Gasteiger partial charge is 0.357 e. The van der Waals surface area contributed by atoms with Gasteiger partial charge in [0.15, 0.2) is 5.69 Å². The number of aromatic nitrogens is 1.